The van der Waals surface area contributed by atoms with E-state index in [1.807, 2.05) is 60.7 Å². The molecule has 9 aromatic carbocycles. The Balaban J connectivity index is 1.05. The summed E-state index contributed by atoms with van der Waals surface area (Å²) >= 11 is 0. The number of hydrogen-bond acceptors (Lipinski definition) is 3. The molecule has 0 aliphatic carbocycles. The van der Waals surface area contributed by atoms with Crippen molar-refractivity contribution in [3.63, 3.8) is 0 Å². The molecular formula is C55H35N5. The van der Waals surface area contributed by atoms with E-state index in [0.717, 1.165) is 44.4 Å². The van der Waals surface area contributed by atoms with Crippen LogP contribution in [0.4, 0.5) is 0 Å². The van der Waals surface area contributed by atoms with E-state index in [9.17, 15) is 0 Å². The lowest BCUT2D eigenvalue weighted by molar-refractivity contribution is 1.07. The molecular weight excluding hydrogens is 731 g/mol. The van der Waals surface area contributed by atoms with Crippen LogP contribution in [0.15, 0.2) is 212 Å². The predicted molar refractivity (Wildman–Crippen MR) is 248 cm³/mol. The van der Waals surface area contributed by atoms with Crippen LogP contribution in [0.3, 0.4) is 0 Å². The summed E-state index contributed by atoms with van der Waals surface area (Å²) in [6.07, 6.45) is 0. The van der Waals surface area contributed by atoms with Crippen molar-refractivity contribution in [3.05, 3.63) is 212 Å². The summed E-state index contributed by atoms with van der Waals surface area (Å²) in [6.45, 7) is 0. The molecule has 0 aliphatic heterocycles. The molecule has 12 rings (SSSR count). The SMILES string of the molecule is c1ccc(-c2cccc(-n3c4ccccc4c4c5c6ccccc6n(-c6cccc7cc(-c8nc(-c9ccccc9)nc(-c9ccccc9)n8)ccc67)c5ccc43)c2)cc1. The minimum absolute atomic E-state index is 0.639. The summed E-state index contributed by atoms with van der Waals surface area (Å²) in [4.78, 5) is 15.0. The third kappa shape index (κ3) is 5.44. The first-order valence-corrected chi connectivity index (χ1v) is 20.3. The number of aromatic nitrogens is 5. The van der Waals surface area contributed by atoms with Crippen LogP contribution in [0.1, 0.15) is 0 Å². The molecule has 5 heteroatoms. The van der Waals surface area contributed by atoms with Gasteiger partial charge >= 0.3 is 0 Å². The van der Waals surface area contributed by atoms with Crippen molar-refractivity contribution in [1.82, 2.24) is 24.1 Å². The Morgan fingerprint density at radius 2 is 0.783 bits per heavy atom. The van der Waals surface area contributed by atoms with Crippen molar-refractivity contribution in [3.8, 4) is 56.7 Å². The zero-order chi connectivity index (χ0) is 39.6. The van der Waals surface area contributed by atoms with Crippen LogP contribution in [0.25, 0.3) is 111 Å². The Hall–Kier alpha value is -8.15. The minimum atomic E-state index is 0.639. The van der Waals surface area contributed by atoms with E-state index in [1.54, 1.807) is 0 Å². The maximum atomic E-state index is 5.03. The Kier molecular flexibility index (Phi) is 7.78. The number of fused-ring (bicyclic) bond motifs is 8. The van der Waals surface area contributed by atoms with Crippen molar-refractivity contribution in [2.45, 2.75) is 0 Å². The van der Waals surface area contributed by atoms with Crippen LogP contribution < -0.4 is 0 Å². The number of nitrogens with zero attached hydrogens (tertiary/aromatic N) is 5. The van der Waals surface area contributed by atoms with Gasteiger partial charge in [-0.25, -0.2) is 15.0 Å². The molecule has 0 amide bonds. The molecule has 0 fully saturated rings. The Morgan fingerprint density at radius 3 is 1.42 bits per heavy atom. The van der Waals surface area contributed by atoms with Gasteiger partial charge in [-0.2, -0.15) is 0 Å². The third-order valence-corrected chi connectivity index (χ3v) is 11.7. The standard InChI is InChI=1S/C55H35N5/c1-4-16-36(17-5-1)39-22-14-24-42(35-39)59-47-27-12-10-25-44(47)51-49(59)32-33-50-52(51)45-26-11-13-28-48(45)60(50)46-29-15-23-40-34-41(30-31-43(40)46)55-57-53(37-18-6-2-7-19-37)56-54(58-55)38-20-8-3-9-21-38/h1-35H. The average molecular weight is 766 g/mol. The molecule has 0 radical (unpaired) electrons. The van der Waals surface area contributed by atoms with Gasteiger partial charge in [0, 0.05) is 49.3 Å². The Morgan fingerprint density at radius 1 is 0.283 bits per heavy atom. The molecule has 3 aromatic heterocycles. The number of hydrogen-bond donors (Lipinski definition) is 0. The summed E-state index contributed by atoms with van der Waals surface area (Å²) in [7, 11) is 0. The van der Waals surface area contributed by atoms with Crippen molar-refractivity contribution in [2.75, 3.05) is 0 Å². The topological polar surface area (TPSA) is 48.5 Å². The fourth-order valence-corrected chi connectivity index (χ4v) is 9.05. The maximum Gasteiger partial charge on any atom is 0.164 e. The van der Waals surface area contributed by atoms with Gasteiger partial charge in [-0.15, -0.1) is 0 Å². The molecule has 0 bridgehead atoms. The van der Waals surface area contributed by atoms with Gasteiger partial charge in [0.2, 0.25) is 0 Å². The van der Waals surface area contributed by atoms with E-state index in [1.165, 1.54) is 49.2 Å². The van der Waals surface area contributed by atoms with Gasteiger partial charge in [0.15, 0.2) is 17.5 Å². The fourth-order valence-electron chi connectivity index (χ4n) is 9.05. The zero-order valence-electron chi connectivity index (χ0n) is 32.4. The maximum absolute atomic E-state index is 5.03. The van der Waals surface area contributed by atoms with Gasteiger partial charge < -0.3 is 9.13 Å². The molecule has 280 valence electrons. The van der Waals surface area contributed by atoms with Crippen molar-refractivity contribution < 1.29 is 0 Å². The van der Waals surface area contributed by atoms with Gasteiger partial charge in [-0.3, -0.25) is 0 Å². The van der Waals surface area contributed by atoms with Crippen LogP contribution in [-0.4, -0.2) is 24.1 Å². The first kappa shape index (κ1) is 33.9. The van der Waals surface area contributed by atoms with Crippen molar-refractivity contribution in [2.24, 2.45) is 0 Å². The van der Waals surface area contributed by atoms with Gasteiger partial charge in [-0.1, -0.05) is 164 Å². The first-order valence-electron chi connectivity index (χ1n) is 20.3. The van der Waals surface area contributed by atoms with Gasteiger partial charge in [0.1, 0.15) is 0 Å². The highest BCUT2D eigenvalue weighted by Gasteiger charge is 2.22. The quantitative estimate of drug-likeness (QED) is 0.169. The van der Waals surface area contributed by atoms with Crippen molar-refractivity contribution in [1.29, 1.82) is 0 Å². The fraction of sp³-hybridized carbons (Fsp3) is 0. The zero-order valence-corrected chi connectivity index (χ0v) is 32.4. The molecule has 0 spiro atoms. The Bertz CT molecular complexity index is 3530. The molecule has 0 unspecified atom stereocenters. The van der Waals surface area contributed by atoms with Gasteiger partial charge in [0.05, 0.1) is 27.8 Å². The molecule has 0 atom stereocenters. The monoisotopic (exact) mass is 765 g/mol. The normalized spacial score (nSPS) is 11.7. The van der Waals surface area contributed by atoms with E-state index >= 15 is 0 Å². The van der Waals surface area contributed by atoms with Crippen LogP contribution in [0.2, 0.25) is 0 Å². The summed E-state index contributed by atoms with van der Waals surface area (Å²) < 4.78 is 4.87. The molecule has 12 aromatic rings. The molecule has 60 heavy (non-hydrogen) atoms. The number of para-hydroxylation sites is 2. The molecule has 0 saturated carbocycles. The predicted octanol–water partition coefficient (Wildman–Crippen LogP) is 13.9. The van der Waals surface area contributed by atoms with Gasteiger partial charge in [-0.05, 0) is 65.0 Å². The second-order valence-electron chi connectivity index (χ2n) is 15.2. The van der Waals surface area contributed by atoms with Crippen LogP contribution in [0, 0.1) is 0 Å². The lowest BCUT2D eigenvalue weighted by Gasteiger charge is -2.13. The number of rotatable bonds is 6. The third-order valence-electron chi connectivity index (χ3n) is 11.7. The summed E-state index contributed by atoms with van der Waals surface area (Å²) in [6, 6.07) is 75.2. The first-order chi connectivity index (χ1) is 29.8. The lowest BCUT2D eigenvalue weighted by Crippen LogP contribution is -2.00. The minimum Gasteiger partial charge on any atom is -0.309 e. The second kappa shape index (κ2) is 13.8. The molecule has 0 N–H and O–H groups in total. The molecule has 5 nitrogen and oxygen atoms in total. The molecule has 3 heterocycles. The Labute approximate surface area is 346 Å². The summed E-state index contributed by atoms with van der Waals surface area (Å²) in [5.74, 6) is 1.94. The van der Waals surface area contributed by atoms with Gasteiger partial charge in [0.25, 0.3) is 0 Å². The van der Waals surface area contributed by atoms with Crippen LogP contribution in [-0.2, 0) is 0 Å². The van der Waals surface area contributed by atoms with E-state index in [-0.39, 0.29) is 0 Å². The number of benzene rings is 9. The van der Waals surface area contributed by atoms with Crippen LogP contribution >= 0.6 is 0 Å². The largest absolute Gasteiger partial charge is 0.309 e. The summed E-state index contributed by atoms with van der Waals surface area (Å²) in [5, 5.41) is 7.21. The highest BCUT2D eigenvalue weighted by atomic mass is 15.0. The highest BCUT2D eigenvalue weighted by molar-refractivity contribution is 6.29. The second-order valence-corrected chi connectivity index (χ2v) is 15.2. The molecule has 0 saturated heterocycles. The van der Waals surface area contributed by atoms with Crippen molar-refractivity contribution >= 4 is 54.4 Å². The smallest absolute Gasteiger partial charge is 0.164 e. The molecule has 0 aliphatic rings. The van der Waals surface area contributed by atoms with E-state index < -0.39 is 0 Å². The lowest BCUT2D eigenvalue weighted by atomic mass is 10.0. The van der Waals surface area contributed by atoms with E-state index in [4.69, 9.17) is 15.0 Å². The van der Waals surface area contributed by atoms with E-state index in [0.29, 0.717) is 17.5 Å². The van der Waals surface area contributed by atoms with E-state index in [2.05, 4.69) is 161 Å². The van der Waals surface area contributed by atoms with Crippen LogP contribution in [0.5, 0.6) is 0 Å². The average Bonchev–Trinajstić information content (AvgIpc) is 3.85. The summed E-state index contributed by atoms with van der Waals surface area (Å²) in [5.41, 5.74) is 12.2. The highest BCUT2D eigenvalue weighted by Crippen LogP contribution is 2.43.